The zero-order chi connectivity index (χ0) is 62.0. The van der Waals surface area contributed by atoms with Crippen molar-refractivity contribution in [3.05, 3.63) is 228 Å². The molecule has 5 nitrogen and oxygen atoms in total. The molecule has 2 aliphatic heterocycles. The summed E-state index contributed by atoms with van der Waals surface area (Å²) in [6.07, 6.45) is 0. The molecule has 0 N–H and O–H groups in total. The summed E-state index contributed by atoms with van der Waals surface area (Å²) in [4.78, 5) is 7.70. The molecule has 0 fully saturated rings. The van der Waals surface area contributed by atoms with Crippen LogP contribution in [0.15, 0.2) is 209 Å². The van der Waals surface area contributed by atoms with Gasteiger partial charge in [-0.2, -0.15) is 0 Å². The minimum atomic E-state index is -0.266. The molecule has 3 aromatic heterocycles. The molecular weight excluding hydrogens is 1100 g/mol. The normalized spacial score (nSPS) is 13.7. The maximum Gasteiger partial charge on any atom is 0.343 e. The molecule has 0 amide bonds. The summed E-state index contributed by atoms with van der Waals surface area (Å²) in [7, 11) is 0. The van der Waals surface area contributed by atoms with Crippen molar-refractivity contribution in [3.8, 4) is 22.3 Å². The van der Waals surface area contributed by atoms with Crippen molar-refractivity contribution < 1.29 is 8.83 Å². The van der Waals surface area contributed by atoms with Crippen LogP contribution in [0.5, 0.6) is 0 Å². The zero-order valence-corrected chi connectivity index (χ0v) is 55.0. The van der Waals surface area contributed by atoms with Crippen molar-refractivity contribution in [3.63, 3.8) is 0 Å². The van der Waals surface area contributed by atoms with E-state index < -0.39 is 0 Å². The molecule has 10 aromatic carbocycles. The van der Waals surface area contributed by atoms with Gasteiger partial charge in [0.05, 0.1) is 11.4 Å². The lowest BCUT2D eigenvalue weighted by Crippen LogP contribution is -2.60. The molecule has 7 heteroatoms. The first-order valence-electron chi connectivity index (χ1n) is 31.7. The molecule has 0 atom stereocenters. The van der Waals surface area contributed by atoms with Crippen LogP contribution in [0.25, 0.3) is 76.2 Å². The van der Waals surface area contributed by atoms with E-state index in [2.05, 4.69) is 319 Å². The van der Waals surface area contributed by atoms with Gasteiger partial charge in [-0.05, 0) is 163 Å². The van der Waals surface area contributed by atoms with E-state index in [1.54, 1.807) is 0 Å². The number of furan rings is 2. The van der Waals surface area contributed by atoms with Crippen LogP contribution in [0, 0.1) is 0 Å². The third-order valence-electron chi connectivity index (χ3n) is 19.0. The number of benzene rings is 10. The van der Waals surface area contributed by atoms with Crippen LogP contribution < -0.4 is 24.9 Å². The minimum absolute atomic E-state index is 0.0142. The maximum absolute atomic E-state index is 7.39. The Bertz CT molecular complexity index is 4920. The SMILES string of the molecule is CC(C)(C)c1ccc(N2B3c4sc5ccc(C(C)(C)C)cc5c4N(c4ccc(C(C)(C)C)cc4-c4ccccc4)c4cc5c(oc6ccccc65)c(c43)-c3cc4c(cc32)oc2ccc(N(c3ccc(C(C)(C)C)cc3)c3ccc(C(C)(C)C)cc3)cc24)cc1. The van der Waals surface area contributed by atoms with Crippen LogP contribution in [0.1, 0.15) is 132 Å². The number of anilines is 8. The molecule has 0 bridgehead atoms. The highest BCUT2D eigenvalue weighted by Gasteiger charge is 2.49. The Kier molecular flexibility index (Phi) is 12.7. The summed E-state index contributed by atoms with van der Waals surface area (Å²) in [6, 6.07) is 75.8. The number of hydrogen-bond acceptors (Lipinski definition) is 6. The topological polar surface area (TPSA) is 36.0 Å². The molecule has 5 heterocycles. The standard InChI is InChI=1S/C82H78BN3O2S/c1-78(2,3)50-25-33-55(34-26-50)84(56-35-27-51(28-36-56)79(4,5)6)58-39-41-70-61(45-58)62-46-64-67(48-71(62)87-70)86(57-37-29-52(30-38-57)80(7,8)9)83-74-68(47-63-59-23-19-20-24-69(59)88-76(63)73(64)74)85(75-65-44-54(82(13,14)15)32-42-72(65)89-77(75)83)66-40-31-53(81(10,11)12)43-60(66)49-21-17-16-18-22-49/h16-48H,1-15H3. The summed E-state index contributed by atoms with van der Waals surface area (Å²) >= 11 is 1.93. The van der Waals surface area contributed by atoms with Gasteiger partial charge in [0.1, 0.15) is 22.3 Å². The van der Waals surface area contributed by atoms with Crippen molar-refractivity contribution >= 4 is 128 Å². The molecule has 89 heavy (non-hydrogen) atoms. The van der Waals surface area contributed by atoms with Crippen LogP contribution in [0.4, 0.5) is 45.5 Å². The fourth-order valence-corrected chi connectivity index (χ4v) is 15.2. The summed E-state index contributed by atoms with van der Waals surface area (Å²) in [5, 5.41) is 5.52. The second-order valence-corrected chi connectivity index (χ2v) is 31.3. The monoisotopic (exact) mass is 1180 g/mol. The second-order valence-electron chi connectivity index (χ2n) is 30.3. The molecule has 0 saturated heterocycles. The van der Waals surface area contributed by atoms with Gasteiger partial charge >= 0.3 is 6.85 Å². The van der Waals surface area contributed by atoms with Gasteiger partial charge in [-0.25, -0.2) is 0 Å². The fraction of sp³-hybridized carbons (Fsp3) is 0.244. The maximum atomic E-state index is 7.39. The van der Waals surface area contributed by atoms with E-state index in [1.165, 1.54) is 65.0 Å². The van der Waals surface area contributed by atoms with E-state index in [0.29, 0.717) is 0 Å². The molecule has 2 aliphatic rings. The Hall–Kier alpha value is -8.78. The highest BCUT2D eigenvalue weighted by molar-refractivity contribution is 7.32. The summed E-state index contributed by atoms with van der Waals surface area (Å²) in [5.74, 6) is 0. The van der Waals surface area contributed by atoms with Crippen LogP contribution in [0.3, 0.4) is 0 Å². The Balaban J connectivity index is 1.06. The van der Waals surface area contributed by atoms with E-state index in [4.69, 9.17) is 8.83 Å². The Morgan fingerprint density at radius 1 is 0.382 bits per heavy atom. The third-order valence-corrected chi connectivity index (χ3v) is 20.2. The lowest BCUT2D eigenvalue weighted by atomic mass is 9.46. The van der Waals surface area contributed by atoms with E-state index in [1.807, 2.05) is 11.3 Å². The van der Waals surface area contributed by atoms with Gasteiger partial charge in [-0.15, -0.1) is 11.3 Å². The van der Waals surface area contributed by atoms with Crippen LogP contribution in [-0.4, -0.2) is 6.85 Å². The van der Waals surface area contributed by atoms with Gasteiger partial charge < -0.3 is 23.4 Å². The first-order valence-corrected chi connectivity index (χ1v) is 32.6. The molecule has 15 rings (SSSR count). The largest absolute Gasteiger partial charge is 0.456 e. The Morgan fingerprint density at radius 2 is 0.921 bits per heavy atom. The van der Waals surface area contributed by atoms with E-state index in [-0.39, 0.29) is 33.9 Å². The van der Waals surface area contributed by atoms with Crippen molar-refractivity contribution in [2.45, 2.75) is 131 Å². The van der Waals surface area contributed by atoms with Gasteiger partial charge in [0, 0.05) is 93.3 Å². The number of nitrogens with zero attached hydrogens (tertiary/aromatic N) is 3. The van der Waals surface area contributed by atoms with Crippen LogP contribution in [-0.2, 0) is 27.1 Å². The van der Waals surface area contributed by atoms with E-state index in [0.717, 1.165) is 94.8 Å². The van der Waals surface area contributed by atoms with E-state index >= 15 is 0 Å². The van der Waals surface area contributed by atoms with Gasteiger partial charge in [0.2, 0.25) is 0 Å². The predicted octanol–water partition coefficient (Wildman–Crippen LogP) is 23.0. The Labute approximate surface area is 529 Å². The van der Waals surface area contributed by atoms with Crippen molar-refractivity contribution in [1.29, 1.82) is 0 Å². The molecule has 0 spiro atoms. The predicted molar refractivity (Wildman–Crippen MR) is 384 cm³/mol. The molecule has 0 saturated carbocycles. The van der Waals surface area contributed by atoms with Crippen LogP contribution in [0.2, 0.25) is 0 Å². The van der Waals surface area contributed by atoms with Crippen molar-refractivity contribution in [2.24, 2.45) is 0 Å². The summed E-state index contributed by atoms with van der Waals surface area (Å²) in [6.45, 7) is 34.3. The molecule has 0 radical (unpaired) electrons. The fourth-order valence-electron chi connectivity index (χ4n) is 13.9. The molecule has 13 aromatic rings. The van der Waals surface area contributed by atoms with Gasteiger partial charge in [-0.3, -0.25) is 0 Å². The lowest BCUT2D eigenvalue weighted by Gasteiger charge is -2.45. The first kappa shape index (κ1) is 56.7. The number of hydrogen-bond donors (Lipinski definition) is 0. The van der Waals surface area contributed by atoms with E-state index in [9.17, 15) is 0 Å². The van der Waals surface area contributed by atoms with Crippen molar-refractivity contribution in [1.82, 2.24) is 0 Å². The minimum Gasteiger partial charge on any atom is -0.456 e. The average molecular weight is 1180 g/mol. The smallest absolute Gasteiger partial charge is 0.343 e. The lowest BCUT2D eigenvalue weighted by molar-refractivity contribution is 0.590. The summed E-state index contributed by atoms with van der Waals surface area (Å²) in [5.41, 5.74) is 24.4. The highest BCUT2D eigenvalue weighted by atomic mass is 32.1. The molecule has 442 valence electrons. The quantitative estimate of drug-likeness (QED) is 0.155. The Morgan fingerprint density at radius 3 is 1.55 bits per heavy atom. The van der Waals surface area contributed by atoms with Gasteiger partial charge in [-0.1, -0.05) is 201 Å². The number of para-hydroxylation sites is 1. The number of thiophene rings is 1. The molecular formula is C82H78BN3O2S. The van der Waals surface area contributed by atoms with Gasteiger partial charge in [0.15, 0.2) is 0 Å². The third kappa shape index (κ3) is 9.31. The van der Waals surface area contributed by atoms with Crippen molar-refractivity contribution in [2.75, 3.05) is 14.6 Å². The van der Waals surface area contributed by atoms with Gasteiger partial charge in [0.25, 0.3) is 0 Å². The molecule has 0 aliphatic carbocycles. The average Bonchev–Trinajstić information content (AvgIpc) is 1.65. The second kappa shape index (κ2) is 19.9. The number of rotatable bonds is 6. The first-order chi connectivity index (χ1) is 42.3. The molecule has 0 unspecified atom stereocenters. The number of fused-ring (bicyclic) bond motifs is 13. The van der Waals surface area contributed by atoms with Crippen LogP contribution >= 0.6 is 11.3 Å². The summed E-state index contributed by atoms with van der Waals surface area (Å²) < 4.78 is 17.1. The highest BCUT2D eigenvalue weighted by Crippen LogP contribution is 2.56. The zero-order valence-electron chi connectivity index (χ0n) is 54.2.